The lowest BCUT2D eigenvalue weighted by Gasteiger charge is -2.32. The van der Waals surface area contributed by atoms with Gasteiger partial charge in [-0.2, -0.15) is 0 Å². The fourth-order valence-electron chi connectivity index (χ4n) is 3.78. The summed E-state index contributed by atoms with van der Waals surface area (Å²) in [7, 11) is -4.12. The molecule has 0 aliphatic rings. The molecule has 3 aromatic rings. The molecule has 0 heterocycles. The van der Waals surface area contributed by atoms with E-state index >= 15 is 0 Å². The predicted molar refractivity (Wildman–Crippen MR) is 154 cm³/mol. The molecule has 0 bridgehead atoms. The minimum absolute atomic E-state index is 0.0394. The highest BCUT2D eigenvalue weighted by Crippen LogP contribution is 2.27. The van der Waals surface area contributed by atoms with Crippen molar-refractivity contribution < 1.29 is 18.0 Å². The van der Waals surface area contributed by atoms with Gasteiger partial charge in [-0.25, -0.2) is 8.42 Å². The molecule has 202 valence electrons. The fraction of sp³-hybridized carbons (Fsp3) is 0.286. The summed E-state index contributed by atoms with van der Waals surface area (Å²) >= 11 is 9.59. The monoisotopic (exact) mass is 619 g/mol. The van der Waals surface area contributed by atoms with Crippen LogP contribution in [0.5, 0.6) is 0 Å². The number of sulfonamides is 1. The maximum atomic E-state index is 13.8. The number of carbonyl (C=O) groups is 2. The van der Waals surface area contributed by atoms with Crippen LogP contribution >= 0.6 is 27.5 Å². The molecule has 0 aliphatic heterocycles. The van der Waals surface area contributed by atoms with Crippen LogP contribution in [0.2, 0.25) is 5.02 Å². The molecule has 0 aliphatic carbocycles. The molecular weight excluding hydrogens is 590 g/mol. The Labute approximate surface area is 238 Å². The van der Waals surface area contributed by atoms with Crippen molar-refractivity contribution >= 4 is 55.1 Å². The first-order chi connectivity index (χ1) is 18.1. The number of benzene rings is 3. The van der Waals surface area contributed by atoms with E-state index in [1.807, 2.05) is 31.2 Å². The van der Waals surface area contributed by atoms with Crippen molar-refractivity contribution in [1.82, 2.24) is 10.2 Å². The third kappa shape index (κ3) is 7.82. The summed E-state index contributed by atoms with van der Waals surface area (Å²) in [4.78, 5) is 28.2. The third-order valence-corrected chi connectivity index (χ3v) is 8.52. The molecule has 1 N–H and O–H groups in total. The number of amides is 2. The number of nitrogens with one attached hydrogen (secondary N) is 1. The Balaban J connectivity index is 1.98. The van der Waals surface area contributed by atoms with Gasteiger partial charge in [-0.3, -0.25) is 13.9 Å². The summed E-state index contributed by atoms with van der Waals surface area (Å²) in [6.07, 6.45) is 1.74. The topological polar surface area (TPSA) is 86.8 Å². The van der Waals surface area contributed by atoms with Crippen molar-refractivity contribution in [3.05, 3.63) is 93.9 Å². The van der Waals surface area contributed by atoms with Crippen molar-refractivity contribution in [1.29, 1.82) is 0 Å². The Morgan fingerprint density at radius 2 is 1.68 bits per heavy atom. The summed E-state index contributed by atoms with van der Waals surface area (Å²) in [5.74, 6) is -0.824. The first kappa shape index (κ1) is 29.7. The molecule has 0 aromatic heterocycles. The number of hydrogen-bond acceptors (Lipinski definition) is 4. The standard InChI is InChI=1S/C28H31BrClN3O4S/c1-3-4-17-31-28(35)21(2)32(19-22-13-15-23(29)16-14-22)27(34)20-33(25-10-8-9-24(30)18-25)38(36,37)26-11-6-5-7-12-26/h5-16,18,21H,3-4,17,19-20H2,1-2H3,(H,31,35)/t21-/m0/s1. The van der Waals surface area contributed by atoms with E-state index in [9.17, 15) is 18.0 Å². The van der Waals surface area contributed by atoms with E-state index in [0.717, 1.165) is 27.2 Å². The molecule has 0 saturated carbocycles. The van der Waals surface area contributed by atoms with Gasteiger partial charge in [0.15, 0.2) is 0 Å². The summed E-state index contributed by atoms with van der Waals surface area (Å²) in [5.41, 5.74) is 1.05. The predicted octanol–water partition coefficient (Wildman–Crippen LogP) is 5.63. The van der Waals surface area contributed by atoms with Gasteiger partial charge in [-0.05, 0) is 61.4 Å². The van der Waals surface area contributed by atoms with Crippen LogP contribution in [0.25, 0.3) is 0 Å². The SMILES string of the molecule is CCCCNC(=O)[C@H](C)N(Cc1ccc(Br)cc1)C(=O)CN(c1cccc(Cl)c1)S(=O)(=O)c1ccccc1. The van der Waals surface area contributed by atoms with Crippen LogP contribution in [-0.4, -0.2) is 44.3 Å². The van der Waals surface area contributed by atoms with Gasteiger partial charge in [-0.15, -0.1) is 0 Å². The number of halogens is 2. The molecule has 38 heavy (non-hydrogen) atoms. The Kier molecular flexibility index (Phi) is 10.8. The summed E-state index contributed by atoms with van der Waals surface area (Å²) < 4.78 is 29.3. The molecule has 0 unspecified atom stereocenters. The molecule has 10 heteroatoms. The molecule has 2 amide bonds. The van der Waals surface area contributed by atoms with Gasteiger partial charge in [0.2, 0.25) is 11.8 Å². The highest BCUT2D eigenvalue weighted by atomic mass is 79.9. The summed E-state index contributed by atoms with van der Waals surface area (Å²) in [6.45, 7) is 3.78. The first-order valence-electron chi connectivity index (χ1n) is 12.3. The summed E-state index contributed by atoms with van der Waals surface area (Å²) in [6, 6.07) is 20.8. The molecule has 0 radical (unpaired) electrons. The van der Waals surface area contributed by atoms with Crippen LogP contribution < -0.4 is 9.62 Å². The van der Waals surface area contributed by atoms with E-state index in [2.05, 4.69) is 21.2 Å². The third-order valence-electron chi connectivity index (χ3n) is 5.97. The number of unbranched alkanes of at least 4 members (excludes halogenated alkanes) is 1. The zero-order valence-electron chi connectivity index (χ0n) is 21.3. The summed E-state index contributed by atoms with van der Waals surface area (Å²) in [5, 5.41) is 3.20. The zero-order chi connectivity index (χ0) is 27.7. The van der Waals surface area contributed by atoms with E-state index < -0.39 is 28.5 Å². The first-order valence-corrected chi connectivity index (χ1v) is 14.9. The molecule has 7 nitrogen and oxygen atoms in total. The Morgan fingerprint density at radius 3 is 2.32 bits per heavy atom. The van der Waals surface area contributed by atoms with Crippen molar-refractivity contribution in [2.75, 3.05) is 17.4 Å². The van der Waals surface area contributed by atoms with E-state index in [1.54, 1.807) is 43.3 Å². The van der Waals surface area contributed by atoms with Gasteiger partial charge in [0.25, 0.3) is 10.0 Å². The normalized spacial score (nSPS) is 12.0. The molecule has 3 aromatic carbocycles. The molecule has 0 fully saturated rings. The minimum Gasteiger partial charge on any atom is -0.354 e. The molecule has 1 atom stereocenters. The van der Waals surface area contributed by atoms with Crippen LogP contribution in [0.15, 0.2) is 88.2 Å². The van der Waals surface area contributed by atoms with Crippen LogP contribution in [-0.2, 0) is 26.2 Å². The number of anilines is 1. The van der Waals surface area contributed by atoms with Gasteiger partial charge in [-0.1, -0.05) is 77.3 Å². The van der Waals surface area contributed by atoms with E-state index in [1.165, 1.54) is 23.1 Å². The second kappa shape index (κ2) is 13.8. The fourth-order valence-corrected chi connectivity index (χ4v) is 5.66. The quantitative estimate of drug-likeness (QED) is 0.266. The van der Waals surface area contributed by atoms with Crippen molar-refractivity contribution in [3.63, 3.8) is 0 Å². The molecule has 0 saturated heterocycles. The Morgan fingerprint density at radius 1 is 1.00 bits per heavy atom. The van der Waals surface area contributed by atoms with E-state index in [4.69, 9.17) is 11.6 Å². The lowest BCUT2D eigenvalue weighted by atomic mass is 10.1. The molecular formula is C28H31BrClN3O4S. The zero-order valence-corrected chi connectivity index (χ0v) is 24.5. The lowest BCUT2D eigenvalue weighted by Crippen LogP contribution is -2.51. The van der Waals surface area contributed by atoms with Gasteiger partial charge in [0.05, 0.1) is 10.6 Å². The lowest BCUT2D eigenvalue weighted by molar-refractivity contribution is -0.139. The second-order valence-corrected chi connectivity index (χ2v) is 12.0. The molecule has 0 spiro atoms. The smallest absolute Gasteiger partial charge is 0.264 e. The average Bonchev–Trinajstić information content (AvgIpc) is 2.91. The maximum absolute atomic E-state index is 13.8. The maximum Gasteiger partial charge on any atom is 0.264 e. The van der Waals surface area contributed by atoms with Gasteiger partial charge in [0, 0.05) is 22.6 Å². The molecule has 3 rings (SSSR count). The Hall–Kier alpha value is -2.88. The second-order valence-electron chi connectivity index (χ2n) is 8.77. The van der Waals surface area contributed by atoms with Crippen molar-refractivity contribution in [2.45, 2.75) is 44.2 Å². The Bertz CT molecular complexity index is 1340. The van der Waals surface area contributed by atoms with Gasteiger partial charge >= 0.3 is 0 Å². The highest BCUT2D eigenvalue weighted by molar-refractivity contribution is 9.10. The average molecular weight is 621 g/mol. The number of hydrogen-bond donors (Lipinski definition) is 1. The largest absolute Gasteiger partial charge is 0.354 e. The van der Waals surface area contributed by atoms with E-state index in [-0.39, 0.29) is 23.0 Å². The number of rotatable bonds is 12. The van der Waals surface area contributed by atoms with Crippen LogP contribution in [0.1, 0.15) is 32.3 Å². The van der Waals surface area contributed by atoms with Crippen molar-refractivity contribution in [3.8, 4) is 0 Å². The van der Waals surface area contributed by atoms with Gasteiger partial charge in [0.1, 0.15) is 12.6 Å². The minimum atomic E-state index is -4.12. The number of carbonyl (C=O) groups excluding carboxylic acids is 2. The van der Waals surface area contributed by atoms with Crippen molar-refractivity contribution in [2.24, 2.45) is 0 Å². The highest BCUT2D eigenvalue weighted by Gasteiger charge is 2.32. The van der Waals surface area contributed by atoms with E-state index in [0.29, 0.717) is 11.6 Å². The van der Waals surface area contributed by atoms with Crippen LogP contribution in [0.4, 0.5) is 5.69 Å². The van der Waals surface area contributed by atoms with Gasteiger partial charge < -0.3 is 10.2 Å². The number of nitrogens with zero attached hydrogens (tertiary/aromatic N) is 2. The van der Waals surface area contributed by atoms with Crippen LogP contribution in [0.3, 0.4) is 0 Å². The van der Waals surface area contributed by atoms with Crippen LogP contribution in [0, 0.1) is 0 Å².